The molecule has 0 amide bonds. The Labute approximate surface area is 121 Å². The van der Waals surface area contributed by atoms with E-state index in [0.29, 0.717) is 18.8 Å². The Morgan fingerprint density at radius 3 is 2.45 bits per heavy atom. The van der Waals surface area contributed by atoms with Crippen molar-refractivity contribution < 1.29 is 13.2 Å². The van der Waals surface area contributed by atoms with Crippen LogP contribution in [-0.4, -0.2) is 18.8 Å². The highest BCUT2D eigenvalue weighted by Gasteiger charge is 2.43. The van der Waals surface area contributed by atoms with Crippen LogP contribution < -0.4 is 5.32 Å². The first-order valence-corrected chi connectivity index (χ1v) is 8.18. The summed E-state index contributed by atoms with van der Waals surface area (Å²) < 4.78 is 38.8. The monoisotopic (exact) mass is 293 g/mol. The van der Waals surface area contributed by atoms with Crippen LogP contribution in [0.1, 0.15) is 65.7 Å². The molecular formula is C16H30F3N. The maximum atomic E-state index is 12.9. The molecule has 0 spiro atoms. The number of nitrogens with one attached hydrogen (secondary N) is 1. The standard InChI is InChI=1S/C16H30F3N/c1-4-9-20-15(10-12(3)5-2)13-7-6-8-14(11-13)16(17,18)19/h12-15,20H,4-11H2,1-3H3. The van der Waals surface area contributed by atoms with Crippen molar-refractivity contribution in [1.29, 1.82) is 0 Å². The van der Waals surface area contributed by atoms with Gasteiger partial charge in [0.1, 0.15) is 0 Å². The fourth-order valence-electron chi connectivity index (χ4n) is 3.26. The quantitative estimate of drug-likeness (QED) is 0.683. The van der Waals surface area contributed by atoms with Gasteiger partial charge in [-0.2, -0.15) is 13.2 Å². The van der Waals surface area contributed by atoms with Crippen LogP contribution in [0.15, 0.2) is 0 Å². The summed E-state index contributed by atoms with van der Waals surface area (Å²) in [6.45, 7) is 7.37. The minimum absolute atomic E-state index is 0.191. The predicted molar refractivity (Wildman–Crippen MR) is 77.7 cm³/mol. The summed E-state index contributed by atoms with van der Waals surface area (Å²) in [5.41, 5.74) is 0. The van der Waals surface area contributed by atoms with E-state index in [1.807, 2.05) is 0 Å². The Morgan fingerprint density at radius 2 is 1.90 bits per heavy atom. The maximum Gasteiger partial charge on any atom is 0.391 e. The topological polar surface area (TPSA) is 12.0 Å². The summed E-state index contributed by atoms with van der Waals surface area (Å²) in [4.78, 5) is 0. The fourth-order valence-corrected chi connectivity index (χ4v) is 3.26. The van der Waals surface area contributed by atoms with E-state index in [4.69, 9.17) is 0 Å². The zero-order valence-corrected chi connectivity index (χ0v) is 13.1. The largest absolute Gasteiger partial charge is 0.391 e. The highest BCUT2D eigenvalue weighted by atomic mass is 19.4. The molecular weight excluding hydrogens is 263 g/mol. The van der Waals surface area contributed by atoms with E-state index in [-0.39, 0.29) is 12.0 Å². The van der Waals surface area contributed by atoms with Gasteiger partial charge in [0, 0.05) is 6.04 Å². The first kappa shape index (κ1) is 17.8. The molecule has 1 aliphatic carbocycles. The molecule has 0 heterocycles. The van der Waals surface area contributed by atoms with Crippen LogP contribution >= 0.6 is 0 Å². The minimum atomic E-state index is -4.01. The van der Waals surface area contributed by atoms with Crippen molar-refractivity contribution in [2.24, 2.45) is 17.8 Å². The second-order valence-corrected chi connectivity index (χ2v) is 6.47. The highest BCUT2D eigenvalue weighted by molar-refractivity contribution is 4.85. The van der Waals surface area contributed by atoms with Gasteiger partial charge in [0.2, 0.25) is 0 Å². The number of rotatable bonds is 7. The third-order valence-corrected chi connectivity index (χ3v) is 4.76. The number of hydrogen-bond donors (Lipinski definition) is 1. The molecule has 4 unspecified atom stereocenters. The molecule has 0 radical (unpaired) electrons. The molecule has 20 heavy (non-hydrogen) atoms. The van der Waals surface area contributed by atoms with E-state index in [9.17, 15) is 13.2 Å². The van der Waals surface area contributed by atoms with Gasteiger partial charge in [0.15, 0.2) is 0 Å². The summed E-state index contributed by atoms with van der Waals surface area (Å²) in [7, 11) is 0. The van der Waals surface area contributed by atoms with Crippen molar-refractivity contribution in [1.82, 2.24) is 5.32 Å². The summed E-state index contributed by atoms with van der Waals surface area (Å²) in [5, 5.41) is 3.51. The van der Waals surface area contributed by atoms with Gasteiger partial charge in [-0.15, -0.1) is 0 Å². The van der Waals surface area contributed by atoms with Gasteiger partial charge in [-0.1, -0.05) is 33.6 Å². The van der Waals surface area contributed by atoms with E-state index in [1.54, 1.807) is 0 Å². The molecule has 1 fully saturated rings. The molecule has 1 aliphatic rings. The molecule has 0 aromatic heterocycles. The van der Waals surface area contributed by atoms with Crippen LogP contribution in [0.2, 0.25) is 0 Å². The molecule has 120 valence electrons. The van der Waals surface area contributed by atoms with Crippen molar-refractivity contribution >= 4 is 0 Å². The van der Waals surface area contributed by atoms with E-state index >= 15 is 0 Å². The van der Waals surface area contributed by atoms with Crippen molar-refractivity contribution in [3.05, 3.63) is 0 Å². The second kappa shape index (κ2) is 8.26. The van der Waals surface area contributed by atoms with Crippen LogP contribution in [0.25, 0.3) is 0 Å². The third kappa shape index (κ3) is 5.63. The summed E-state index contributed by atoms with van der Waals surface area (Å²) in [6, 6.07) is 0.259. The van der Waals surface area contributed by atoms with Crippen LogP contribution in [-0.2, 0) is 0 Å². The molecule has 0 bridgehead atoms. The molecule has 0 aliphatic heterocycles. The van der Waals surface area contributed by atoms with Gasteiger partial charge in [-0.05, 0) is 50.5 Å². The average Bonchev–Trinajstić information content (AvgIpc) is 2.42. The van der Waals surface area contributed by atoms with Crippen molar-refractivity contribution in [2.45, 2.75) is 77.9 Å². The predicted octanol–water partition coefficient (Wildman–Crippen LogP) is 5.16. The fraction of sp³-hybridized carbons (Fsp3) is 1.00. The van der Waals surface area contributed by atoms with Crippen LogP contribution in [0.4, 0.5) is 13.2 Å². The Balaban J connectivity index is 2.63. The first-order valence-electron chi connectivity index (χ1n) is 8.18. The zero-order valence-electron chi connectivity index (χ0n) is 13.1. The molecule has 0 saturated heterocycles. The van der Waals surface area contributed by atoms with Crippen molar-refractivity contribution in [3.8, 4) is 0 Å². The Bertz CT molecular complexity index is 265. The van der Waals surface area contributed by atoms with Crippen LogP contribution in [0, 0.1) is 17.8 Å². The Kier molecular flexibility index (Phi) is 7.35. The second-order valence-electron chi connectivity index (χ2n) is 6.47. The number of hydrogen-bond acceptors (Lipinski definition) is 1. The molecule has 1 N–H and O–H groups in total. The molecule has 4 atom stereocenters. The van der Waals surface area contributed by atoms with E-state index in [1.165, 1.54) is 0 Å². The smallest absolute Gasteiger partial charge is 0.314 e. The van der Waals surface area contributed by atoms with Gasteiger partial charge in [-0.25, -0.2) is 0 Å². The molecule has 1 nitrogen and oxygen atoms in total. The molecule has 1 saturated carbocycles. The lowest BCUT2D eigenvalue weighted by Gasteiger charge is -2.37. The Morgan fingerprint density at radius 1 is 1.20 bits per heavy atom. The average molecular weight is 293 g/mol. The van der Waals surface area contributed by atoms with Crippen molar-refractivity contribution in [2.75, 3.05) is 6.54 Å². The molecule has 0 aromatic carbocycles. The van der Waals surface area contributed by atoms with Gasteiger partial charge < -0.3 is 5.32 Å². The molecule has 4 heteroatoms. The minimum Gasteiger partial charge on any atom is -0.314 e. The SMILES string of the molecule is CCCNC(CC(C)CC)C1CCCC(C(F)(F)F)C1. The van der Waals surface area contributed by atoms with E-state index < -0.39 is 12.1 Å². The van der Waals surface area contributed by atoms with E-state index in [2.05, 4.69) is 26.1 Å². The number of halogens is 3. The highest BCUT2D eigenvalue weighted by Crippen LogP contribution is 2.41. The Hall–Kier alpha value is -0.250. The third-order valence-electron chi connectivity index (χ3n) is 4.76. The summed E-state index contributed by atoms with van der Waals surface area (Å²) in [5.74, 6) is -0.310. The van der Waals surface area contributed by atoms with Gasteiger partial charge in [-0.3, -0.25) is 0 Å². The first-order chi connectivity index (χ1) is 9.38. The van der Waals surface area contributed by atoms with E-state index in [0.717, 1.165) is 38.6 Å². The lowest BCUT2D eigenvalue weighted by Crippen LogP contribution is -2.42. The maximum absolute atomic E-state index is 12.9. The summed E-state index contributed by atoms with van der Waals surface area (Å²) in [6.07, 6.45) is 1.44. The molecule has 0 aromatic rings. The van der Waals surface area contributed by atoms with Gasteiger partial charge >= 0.3 is 6.18 Å². The lowest BCUT2D eigenvalue weighted by molar-refractivity contribution is -0.186. The van der Waals surface area contributed by atoms with Crippen LogP contribution in [0.3, 0.4) is 0 Å². The van der Waals surface area contributed by atoms with Crippen molar-refractivity contribution in [3.63, 3.8) is 0 Å². The van der Waals surface area contributed by atoms with Gasteiger partial charge in [0.25, 0.3) is 0 Å². The lowest BCUT2D eigenvalue weighted by atomic mass is 9.75. The zero-order chi connectivity index (χ0) is 15.2. The molecule has 1 rings (SSSR count). The normalized spacial score (nSPS) is 27.3. The van der Waals surface area contributed by atoms with Crippen LogP contribution in [0.5, 0.6) is 0 Å². The number of alkyl halides is 3. The summed E-state index contributed by atoms with van der Waals surface area (Å²) >= 11 is 0. The van der Waals surface area contributed by atoms with Gasteiger partial charge in [0.05, 0.1) is 5.92 Å².